The molecule has 1 heterocycles. The lowest BCUT2D eigenvalue weighted by Gasteiger charge is -2.10. The summed E-state index contributed by atoms with van der Waals surface area (Å²) in [5.74, 6) is -0.133. The van der Waals surface area contributed by atoms with Gasteiger partial charge >= 0.3 is 5.69 Å². The van der Waals surface area contributed by atoms with Crippen molar-refractivity contribution in [2.45, 2.75) is 32.6 Å². The molecule has 3 aromatic rings. The smallest absolute Gasteiger partial charge is 0.315 e. The molecule has 1 aliphatic carbocycles. The molecule has 0 atom stereocenters. The number of fused-ring (bicyclic) bond motifs is 3. The number of amides is 1. The SMILES string of the molecule is Cc1ccc(C(=O)N/N=C/c2c(O)c([N+](=O)[O-])cc3oc4c(c23)CCCC4)cc1. The molecule has 0 aliphatic heterocycles. The lowest BCUT2D eigenvalue weighted by atomic mass is 9.93. The van der Waals surface area contributed by atoms with Gasteiger partial charge in [-0.3, -0.25) is 14.9 Å². The average Bonchev–Trinajstić information content (AvgIpc) is 3.08. The lowest BCUT2D eigenvalue weighted by molar-refractivity contribution is -0.385. The number of carbonyl (C=O) groups excluding carboxylic acids is 1. The van der Waals surface area contributed by atoms with Crippen molar-refractivity contribution in [1.29, 1.82) is 0 Å². The summed E-state index contributed by atoms with van der Waals surface area (Å²) in [7, 11) is 0. The first-order valence-corrected chi connectivity index (χ1v) is 9.30. The van der Waals surface area contributed by atoms with E-state index in [0.29, 0.717) is 16.5 Å². The summed E-state index contributed by atoms with van der Waals surface area (Å²) in [5, 5.41) is 26.4. The third kappa shape index (κ3) is 3.44. The van der Waals surface area contributed by atoms with Crippen LogP contribution in [0.15, 0.2) is 39.9 Å². The quantitative estimate of drug-likeness (QED) is 0.395. The molecule has 1 aromatic heterocycles. The predicted octanol–water partition coefficient (Wildman–Crippen LogP) is 4.00. The second-order valence-corrected chi connectivity index (χ2v) is 7.06. The number of nitrogens with zero attached hydrogens (tertiary/aromatic N) is 2. The number of hydrazone groups is 1. The number of aromatic hydroxyl groups is 1. The van der Waals surface area contributed by atoms with Crippen LogP contribution in [-0.4, -0.2) is 22.2 Å². The van der Waals surface area contributed by atoms with Crippen molar-refractivity contribution in [1.82, 2.24) is 5.43 Å². The lowest BCUT2D eigenvalue weighted by Crippen LogP contribution is -2.17. The molecular weight excluding hydrogens is 374 g/mol. The minimum absolute atomic E-state index is 0.172. The molecule has 2 N–H and O–H groups in total. The van der Waals surface area contributed by atoms with E-state index in [9.17, 15) is 20.0 Å². The molecule has 1 aliphatic rings. The summed E-state index contributed by atoms with van der Waals surface area (Å²) in [6.07, 6.45) is 4.70. The Bertz CT molecular complexity index is 1150. The highest BCUT2D eigenvalue weighted by Gasteiger charge is 2.27. The second kappa shape index (κ2) is 7.38. The molecule has 0 fully saturated rings. The molecule has 1 amide bonds. The van der Waals surface area contributed by atoms with Crippen LogP contribution < -0.4 is 5.43 Å². The fourth-order valence-electron chi connectivity index (χ4n) is 3.62. The minimum Gasteiger partial charge on any atom is -0.502 e. The van der Waals surface area contributed by atoms with Crippen molar-refractivity contribution in [2.24, 2.45) is 5.10 Å². The van der Waals surface area contributed by atoms with Crippen molar-refractivity contribution in [2.75, 3.05) is 0 Å². The van der Waals surface area contributed by atoms with Crippen molar-refractivity contribution < 1.29 is 19.2 Å². The van der Waals surface area contributed by atoms with E-state index in [-0.39, 0.29) is 5.56 Å². The van der Waals surface area contributed by atoms with E-state index in [1.54, 1.807) is 12.1 Å². The van der Waals surface area contributed by atoms with E-state index < -0.39 is 22.3 Å². The van der Waals surface area contributed by atoms with Gasteiger partial charge in [0.2, 0.25) is 5.75 Å². The van der Waals surface area contributed by atoms with Gasteiger partial charge in [-0.1, -0.05) is 17.7 Å². The number of nitrogens with one attached hydrogen (secondary N) is 1. The van der Waals surface area contributed by atoms with Gasteiger partial charge < -0.3 is 9.52 Å². The maximum Gasteiger partial charge on any atom is 0.315 e. The fourth-order valence-corrected chi connectivity index (χ4v) is 3.62. The standard InChI is InChI=1S/C21H19N3O5/c1-12-6-8-13(9-7-12)21(26)23-22-11-15-19-14-4-2-3-5-17(14)29-18(19)10-16(20(15)25)24(27)28/h6-11,25H,2-5H2,1H3,(H,23,26)/b22-11+. The molecule has 0 saturated heterocycles. The summed E-state index contributed by atoms with van der Waals surface area (Å²) < 4.78 is 5.82. The largest absolute Gasteiger partial charge is 0.502 e. The molecule has 148 valence electrons. The Balaban J connectivity index is 1.73. The summed E-state index contributed by atoms with van der Waals surface area (Å²) in [6, 6.07) is 8.22. The van der Waals surface area contributed by atoms with Crippen LogP contribution >= 0.6 is 0 Å². The summed E-state index contributed by atoms with van der Waals surface area (Å²) in [5.41, 5.74) is 4.84. The van der Waals surface area contributed by atoms with Crippen molar-refractivity contribution in [3.63, 3.8) is 0 Å². The second-order valence-electron chi connectivity index (χ2n) is 7.06. The number of phenols is 1. The van der Waals surface area contributed by atoms with Crippen LogP contribution in [0, 0.1) is 17.0 Å². The van der Waals surface area contributed by atoms with Gasteiger partial charge in [-0.15, -0.1) is 0 Å². The Hall–Kier alpha value is -3.68. The maximum absolute atomic E-state index is 12.2. The van der Waals surface area contributed by atoms with E-state index in [4.69, 9.17) is 4.42 Å². The normalized spacial score (nSPS) is 13.6. The molecule has 0 radical (unpaired) electrons. The van der Waals surface area contributed by atoms with Crippen LogP contribution in [0.1, 0.15) is 45.7 Å². The van der Waals surface area contributed by atoms with Crippen molar-refractivity contribution in [3.8, 4) is 5.75 Å². The number of nitro benzene ring substituents is 1. The van der Waals surface area contributed by atoms with Gasteiger partial charge in [0.15, 0.2) is 0 Å². The molecule has 0 saturated carbocycles. The predicted molar refractivity (Wildman–Crippen MR) is 107 cm³/mol. The van der Waals surface area contributed by atoms with Crippen LogP contribution in [0.4, 0.5) is 5.69 Å². The summed E-state index contributed by atoms with van der Waals surface area (Å²) in [4.78, 5) is 22.9. The number of rotatable bonds is 4. The van der Waals surface area contributed by atoms with E-state index in [1.807, 2.05) is 19.1 Å². The Morgan fingerprint density at radius 3 is 2.72 bits per heavy atom. The minimum atomic E-state index is -0.668. The number of carbonyl (C=O) groups is 1. The third-order valence-electron chi connectivity index (χ3n) is 5.10. The first-order valence-electron chi connectivity index (χ1n) is 9.30. The van der Waals surface area contributed by atoms with Gasteiger partial charge in [-0.25, -0.2) is 5.43 Å². The van der Waals surface area contributed by atoms with Crippen LogP contribution in [0.25, 0.3) is 11.0 Å². The van der Waals surface area contributed by atoms with Crippen molar-refractivity contribution >= 4 is 28.8 Å². The number of phenolic OH excluding ortho intramolecular Hbond substituents is 1. The van der Waals surface area contributed by atoms with Crippen LogP contribution in [0.2, 0.25) is 0 Å². The Labute approximate surface area is 166 Å². The molecule has 29 heavy (non-hydrogen) atoms. The highest BCUT2D eigenvalue weighted by molar-refractivity contribution is 6.05. The van der Waals surface area contributed by atoms with Gasteiger partial charge in [-0.05, 0) is 38.3 Å². The highest BCUT2D eigenvalue weighted by Crippen LogP contribution is 2.41. The summed E-state index contributed by atoms with van der Waals surface area (Å²) >= 11 is 0. The van der Waals surface area contributed by atoms with E-state index in [0.717, 1.165) is 42.6 Å². The number of benzene rings is 2. The number of hydrogen-bond donors (Lipinski definition) is 2. The molecule has 4 rings (SSSR count). The molecule has 8 heteroatoms. The van der Waals surface area contributed by atoms with Gasteiger partial charge in [0, 0.05) is 22.9 Å². The van der Waals surface area contributed by atoms with Gasteiger partial charge in [-0.2, -0.15) is 5.10 Å². The Morgan fingerprint density at radius 1 is 1.28 bits per heavy atom. The summed E-state index contributed by atoms with van der Waals surface area (Å²) in [6.45, 7) is 1.92. The number of hydrogen-bond acceptors (Lipinski definition) is 6. The third-order valence-corrected chi connectivity index (χ3v) is 5.10. The highest BCUT2D eigenvalue weighted by atomic mass is 16.6. The van der Waals surface area contributed by atoms with Crippen LogP contribution in [0.3, 0.4) is 0 Å². The zero-order chi connectivity index (χ0) is 20.5. The van der Waals surface area contributed by atoms with E-state index >= 15 is 0 Å². The number of nitro groups is 1. The first-order chi connectivity index (χ1) is 14.0. The molecule has 0 unspecified atom stereocenters. The van der Waals surface area contributed by atoms with Gasteiger partial charge in [0.1, 0.15) is 11.3 Å². The average molecular weight is 393 g/mol. The molecule has 8 nitrogen and oxygen atoms in total. The zero-order valence-electron chi connectivity index (χ0n) is 15.8. The number of furan rings is 1. The fraction of sp³-hybridized carbons (Fsp3) is 0.238. The van der Waals surface area contributed by atoms with Crippen LogP contribution in [0.5, 0.6) is 5.75 Å². The Kier molecular flexibility index (Phi) is 4.75. The molecular formula is C21H19N3O5. The zero-order valence-corrected chi connectivity index (χ0v) is 15.8. The molecule has 2 aromatic carbocycles. The number of aryl methyl sites for hydroxylation is 3. The monoisotopic (exact) mass is 393 g/mol. The molecule has 0 spiro atoms. The van der Waals surface area contributed by atoms with Gasteiger partial charge in [0.25, 0.3) is 5.91 Å². The topological polar surface area (TPSA) is 118 Å². The maximum atomic E-state index is 12.2. The van der Waals surface area contributed by atoms with Crippen LogP contribution in [-0.2, 0) is 12.8 Å². The molecule has 0 bridgehead atoms. The Morgan fingerprint density at radius 2 is 2.00 bits per heavy atom. The first kappa shape index (κ1) is 18.7. The van der Waals surface area contributed by atoms with Gasteiger partial charge in [0.05, 0.1) is 22.8 Å². The van der Waals surface area contributed by atoms with E-state index in [2.05, 4.69) is 10.5 Å². The van der Waals surface area contributed by atoms with Crippen molar-refractivity contribution in [3.05, 3.63) is 68.5 Å². The van der Waals surface area contributed by atoms with E-state index in [1.165, 1.54) is 12.3 Å².